The molecule has 0 aromatic heterocycles. The van der Waals surface area contributed by atoms with Crippen LogP contribution in [-0.4, -0.2) is 68.1 Å². The molecule has 8 nitrogen and oxygen atoms in total. The molecule has 3 aromatic carbocycles. The fraction of sp³-hybridized carbons (Fsp3) is 0.345. The Balaban J connectivity index is 1.71. The third-order valence-corrected chi connectivity index (χ3v) is 8.48. The highest BCUT2D eigenvalue weighted by Crippen LogP contribution is 2.36. The Morgan fingerprint density at radius 3 is 2.46 bits per heavy atom. The zero-order valence-electron chi connectivity index (χ0n) is 22.2. The molecule has 0 saturated heterocycles. The van der Waals surface area contributed by atoms with Gasteiger partial charge >= 0.3 is 0 Å². The van der Waals surface area contributed by atoms with Gasteiger partial charge in [-0.3, -0.25) is 14.4 Å². The Kier molecular flexibility index (Phi) is 9.17. The van der Waals surface area contributed by atoms with Gasteiger partial charge in [0.05, 0.1) is 28.8 Å². The van der Waals surface area contributed by atoms with E-state index in [1.807, 2.05) is 32.2 Å². The number of benzene rings is 3. The number of likely N-dealkylation sites (N-methyl/N-ethyl adjacent to an activating group) is 1. The highest BCUT2D eigenvalue weighted by Gasteiger charge is 2.35. The third-order valence-electron chi connectivity index (χ3n) is 6.85. The number of aliphatic hydroxyl groups excluding tert-OH is 1. The number of halogens is 1. The van der Waals surface area contributed by atoms with Gasteiger partial charge in [-0.25, -0.2) is 8.42 Å². The summed E-state index contributed by atoms with van der Waals surface area (Å²) in [5.74, 6) is -0.280. The first-order valence-corrected chi connectivity index (χ1v) is 14.7. The average Bonchev–Trinajstić information content (AvgIpc) is 2.91. The highest BCUT2D eigenvalue weighted by molar-refractivity contribution is 7.92. The van der Waals surface area contributed by atoms with Crippen molar-refractivity contribution in [1.29, 1.82) is 0 Å². The first-order valence-electron chi connectivity index (χ1n) is 12.8. The molecule has 0 spiro atoms. The van der Waals surface area contributed by atoms with Gasteiger partial charge in [0.2, 0.25) is 0 Å². The molecule has 1 heterocycles. The maximum atomic E-state index is 13.7. The number of hydrogen-bond acceptors (Lipinski definition) is 6. The number of carbonyl (C=O) groups excluding carboxylic acids is 1. The van der Waals surface area contributed by atoms with Gasteiger partial charge in [-0.05, 0) is 55.9 Å². The molecule has 0 bridgehead atoms. The van der Waals surface area contributed by atoms with Crippen molar-refractivity contribution >= 4 is 33.2 Å². The van der Waals surface area contributed by atoms with Crippen LogP contribution in [0.1, 0.15) is 29.8 Å². The number of rotatable bonds is 9. The monoisotopic (exact) mass is 571 g/mol. The van der Waals surface area contributed by atoms with Crippen molar-refractivity contribution in [2.24, 2.45) is 5.92 Å². The number of anilines is 1. The van der Waals surface area contributed by atoms with Crippen LogP contribution in [0.2, 0.25) is 5.02 Å². The molecule has 39 heavy (non-hydrogen) atoms. The molecule has 1 amide bonds. The van der Waals surface area contributed by atoms with E-state index in [4.69, 9.17) is 16.3 Å². The molecule has 1 aliphatic rings. The Bertz CT molecular complexity index is 1390. The minimum absolute atomic E-state index is 0.0321. The van der Waals surface area contributed by atoms with Crippen LogP contribution in [0.5, 0.6) is 5.75 Å². The van der Waals surface area contributed by atoms with Crippen molar-refractivity contribution < 1.29 is 23.1 Å². The summed E-state index contributed by atoms with van der Waals surface area (Å²) in [6.07, 6.45) is -0.375. The lowest BCUT2D eigenvalue weighted by atomic mass is 9.99. The number of aliphatic hydroxyl groups is 1. The minimum Gasteiger partial charge on any atom is -0.486 e. The normalized spacial score (nSPS) is 18.6. The van der Waals surface area contributed by atoms with Gasteiger partial charge < -0.3 is 14.7 Å². The number of fused-ring (bicyclic) bond motifs is 1. The molecule has 0 fully saturated rings. The zero-order chi connectivity index (χ0) is 28.2. The van der Waals surface area contributed by atoms with Crippen LogP contribution in [0.3, 0.4) is 0 Å². The average molecular weight is 572 g/mol. The lowest BCUT2D eigenvalue weighted by molar-refractivity contribution is 0.0344. The maximum absolute atomic E-state index is 13.7. The number of amides is 1. The number of carbonyl (C=O) groups is 1. The quantitative estimate of drug-likeness (QED) is 0.392. The molecule has 1 aliphatic heterocycles. The van der Waals surface area contributed by atoms with E-state index in [2.05, 4.69) is 21.8 Å². The van der Waals surface area contributed by atoms with Crippen LogP contribution < -0.4 is 9.46 Å². The first kappa shape index (κ1) is 28.9. The Morgan fingerprint density at radius 1 is 1.10 bits per heavy atom. The van der Waals surface area contributed by atoms with Gasteiger partial charge in [-0.1, -0.05) is 54.9 Å². The predicted octanol–water partition coefficient (Wildman–Crippen LogP) is 4.49. The van der Waals surface area contributed by atoms with E-state index < -0.39 is 16.1 Å². The Hall–Kier alpha value is -3.11. The largest absolute Gasteiger partial charge is 0.486 e. The van der Waals surface area contributed by atoms with Gasteiger partial charge in [0.25, 0.3) is 15.9 Å². The fourth-order valence-corrected chi connectivity index (χ4v) is 5.81. The third kappa shape index (κ3) is 6.91. The molecule has 208 valence electrons. The topological polar surface area (TPSA) is 99.2 Å². The number of nitrogens with zero attached hydrogens (tertiary/aromatic N) is 2. The molecular formula is C29H34ClN3O5S. The van der Waals surface area contributed by atoms with Gasteiger partial charge in [-0.2, -0.15) is 0 Å². The standard InChI is InChI=1S/C29H34ClN3O5S/c1-20-16-33(21(2)19-34)29(35)25-10-7-11-26(31-39(36,37)24-14-12-23(30)13-15-24)28(25)38-27(20)18-32(3)17-22-8-5-4-6-9-22/h4-15,20-21,27,31,34H,16-19H2,1-3H3/t20-,21-,27-/m0/s1. The van der Waals surface area contributed by atoms with Crippen LogP contribution in [-0.2, 0) is 16.6 Å². The van der Waals surface area contributed by atoms with Crippen LogP contribution in [0.25, 0.3) is 0 Å². The van der Waals surface area contributed by atoms with E-state index in [9.17, 15) is 18.3 Å². The molecule has 2 N–H and O–H groups in total. The van der Waals surface area contributed by atoms with E-state index in [1.165, 1.54) is 24.3 Å². The molecule has 4 rings (SSSR count). The van der Waals surface area contributed by atoms with E-state index in [0.717, 1.165) is 5.56 Å². The molecule has 0 aliphatic carbocycles. The molecule has 3 atom stereocenters. The van der Waals surface area contributed by atoms with Gasteiger partial charge in [0.15, 0.2) is 5.75 Å². The second-order valence-corrected chi connectivity index (χ2v) is 12.2. The second kappa shape index (κ2) is 12.4. The molecular weight excluding hydrogens is 538 g/mol. The highest BCUT2D eigenvalue weighted by atomic mass is 35.5. The SMILES string of the molecule is C[C@H]1CN([C@@H](C)CO)C(=O)c2cccc(NS(=O)(=O)c3ccc(Cl)cc3)c2O[C@H]1CN(C)Cc1ccccc1. The maximum Gasteiger partial charge on any atom is 0.262 e. The van der Waals surface area contributed by atoms with E-state index >= 15 is 0 Å². The van der Waals surface area contributed by atoms with E-state index in [0.29, 0.717) is 24.7 Å². The molecule has 0 unspecified atom stereocenters. The van der Waals surface area contributed by atoms with Crippen LogP contribution >= 0.6 is 11.6 Å². The van der Waals surface area contributed by atoms with E-state index in [-0.39, 0.29) is 46.4 Å². The molecule has 0 saturated carbocycles. The lowest BCUT2D eigenvalue weighted by Gasteiger charge is -2.38. The summed E-state index contributed by atoms with van der Waals surface area (Å²) in [4.78, 5) is 17.5. The molecule has 3 aromatic rings. The summed E-state index contributed by atoms with van der Waals surface area (Å²) in [6, 6.07) is 20.3. The summed E-state index contributed by atoms with van der Waals surface area (Å²) < 4.78 is 35.6. The van der Waals surface area contributed by atoms with Gasteiger partial charge in [0, 0.05) is 30.6 Å². The number of ether oxygens (including phenoxy) is 1. The summed E-state index contributed by atoms with van der Waals surface area (Å²) in [5, 5.41) is 10.3. The number of nitrogens with one attached hydrogen (secondary N) is 1. The van der Waals surface area contributed by atoms with Crippen LogP contribution in [0.15, 0.2) is 77.7 Å². The van der Waals surface area contributed by atoms with Crippen molar-refractivity contribution in [1.82, 2.24) is 9.80 Å². The van der Waals surface area contributed by atoms with Crippen molar-refractivity contribution in [3.63, 3.8) is 0 Å². The lowest BCUT2D eigenvalue weighted by Crippen LogP contribution is -2.49. The van der Waals surface area contributed by atoms with Crippen molar-refractivity contribution in [3.8, 4) is 5.75 Å². The fourth-order valence-electron chi connectivity index (χ4n) is 4.63. The summed E-state index contributed by atoms with van der Waals surface area (Å²) in [5.41, 5.74) is 1.55. The summed E-state index contributed by atoms with van der Waals surface area (Å²) >= 11 is 5.94. The van der Waals surface area contributed by atoms with Crippen LogP contribution in [0, 0.1) is 5.92 Å². The summed E-state index contributed by atoms with van der Waals surface area (Å²) in [7, 11) is -2.00. The zero-order valence-corrected chi connectivity index (χ0v) is 23.8. The number of sulfonamides is 1. The predicted molar refractivity (Wildman–Crippen MR) is 153 cm³/mol. The molecule has 10 heteroatoms. The first-order chi connectivity index (χ1) is 18.6. The van der Waals surface area contributed by atoms with Gasteiger partial charge in [0.1, 0.15) is 6.10 Å². The second-order valence-electron chi connectivity index (χ2n) is 10.0. The van der Waals surface area contributed by atoms with Gasteiger partial charge in [-0.15, -0.1) is 0 Å². The molecule has 0 radical (unpaired) electrons. The van der Waals surface area contributed by atoms with Crippen molar-refractivity contribution in [2.45, 2.75) is 37.4 Å². The summed E-state index contributed by atoms with van der Waals surface area (Å²) in [6.45, 7) is 5.19. The minimum atomic E-state index is -4.00. The Morgan fingerprint density at radius 2 is 1.79 bits per heavy atom. The van der Waals surface area contributed by atoms with Crippen molar-refractivity contribution in [3.05, 3.63) is 88.9 Å². The van der Waals surface area contributed by atoms with E-state index in [1.54, 1.807) is 30.0 Å². The van der Waals surface area contributed by atoms with Crippen molar-refractivity contribution in [2.75, 3.05) is 31.5 Å². The number of para-hydroxylation sites is 1. The smallest absolute Gasteiger partial charge is 0.262 e. The number of hydrogen-bond donors (Lipinski definition) is 2. The van der Waals surface area contributed by atoms with Crippen LogP contribution in [0.4, 0.5) is 5.69 Å². The Labute approximate surface area is 235 Å².